The third-order valence-corrected chi connectivity index (χ3v) is 6.04. The van der Waals surface area contributed by atoms with Crippen molar-refractivity contribution in [3.8, 4) is 0 Å². The first-order valence-corrected chi connectivity index (χ1v) is 10.1. The Kier molecular flexibility index (Phi) is 7.79. The highest BCUT2D eigenvalue weighted by Gasteiger charge is 2.35. The molecule has 120 valence electrons. The van der Waals surface area contributed by atoms with Crippen molar-refractivity contribution in [2.75, 3.05) is 6.16 Å². The maximum absolute atomic E-state index is 12.3. The van der Waals surface area contributed by atoms with Crippen LogP contribution in [-0.2, 0) is 9.09 Å². The topological polar surface area (TPSA) is 46.5 Å². The normalized spacial score (nSPS) is 30.4. The number of hydrogen-bond acceptors (Lipinski definition) is 2. The average Bonchev–Trinajstić information content (AvgIpc) is 2.34. The van der Waals surface area contributed by atoms with Crippen LogP contribution in [0.1, 0.15) is 72.6 Å². The van der Waals surface area contributed by atoms with E-state index in [0.717, 1.165) is 38.5 Å². The average molecular weight is 304 g/mol. The van der Waals surface area contributed by atoms with Crippen molar-refractivity contribution in [3.05, 3.63) is 0 Å². The van der Waals surface area contributed by atoms with Crippen LogP contribution in [0.2, 0.25) is 0 Å². The molecule has 20 heavy (non-hydrogen) atoms. The Hall–Kier alpha value is 0.150. The summed E-state index contributed by atoms with van der Waals surface area (Å²) in [5.41, 5.74) is 0. The first-order valence-electron chi connectivity index (χ1n) is 8.36. The van der Waals surface area contributed by atoms with E-state index >= 15 is 0 Å². The van der Waals surface area contributed by atoms with Crippen LogP contribution in [0.3, 0.4) is 0 Å². The Morgan fingerprint density at radius 1 is 1.25 bits per heavy atom. The Balaban J connectivity index is 2.51. The molecule has 1 rings (SSSR count). The molecule has 3 nitrogen and oxygen atoms in total. The number of rotatable bonds is 8. The van der Waals surface area contributed by atoms with Crippen LogP contribution < -0.4 is 0 Å². The SMILES string of the molecule is CCCCCCP(=O)(O)OC1CC(C)CCC1C(C)C. The van der Waals surface area contributed by atoms with Gasteiger partial charge in [0.05, 0.1) is 6.10 Å². The van der Waals surface area contributed by atoms with Gasteiger partial charge in [0, 0.05) is 6.16 Å². The Bertz CT molecular complexity index is 317. The fraction of sp³-hybridized carbons (Fsp3) is 1.00. The fourth-order valence-electron chi connectivity index (χ4n) is 3.24. The van der Waals surface area contributed by atoms with Crippen LogP contribution in [-0.4, -0.2) is 17.2 Å². The van der Waals surface area contributed by atoms with Gasteiger partial charge in [-0.15, -0.1) is 0 Å². The van der Waals surface area contributed by atoms with Gasteiger partial charge >= 0.3 is 7.60 Å². The number of hydrogen-bond donors (Lipinski definition) is 1. The van der Waals surface area contributed by atoms with Gasteiger partial charge in [-0.1, -0.05) is 53.4 Å². The van der Waals surface area contributed by atoms with E-state index in [9.17, 15) is 9.46 Å². The van der Waals surface area contributed by atoms with Crippen LogP contribution >= 0.6 is 7.60 Å². The van der Waals surface area contributed by atoms with Crippen molar-refractivity contribution in [1.82, 2.24) is 0 Å². The zero-order valence-electron chi connectivity index (χ0n) is 13.7. The zero-order chi connectivity index (χ0) is 15.2. The molecule has 1 saturated carbocycles. The molecule has 4 unspecified atom stereocenters. The van der Waals surface area contributed by atoms with Crippen molar-refractivity contribution < 1.29 is 14.0 Å². The van der Waals surface area contributed by atoms with E-state index in [-0.39, 0.29) is 6.10 Å². The summed E-state index contributed by atoms with van der Waals surface area (Å²) in [7, 11) is -3.40. The third-order valence-electron chi connectivity index (χ3n) is 4.56. The van der Waals surface area contributed by atoms with Crippen LogP contribution in [0.15, 0.2) is 0 Å². The molecule has 0 aromatic carbocycles. The third kappa shape index (κ3) is 6.28. The number of unbranched alkanes of at least 4 members (excludes halogenated alkanes) is 3. The second-order valence-corrected chi connectivity index (χ2v) is 8.82. The monoisotopic (exact) mass is 304 g/mol. The smallest absolute Gasteiger partial charge is 0.324 e. The van der Waals surface area contributed by atoms with E-state index < -0.39 is 7.60 Å². The molecular weight excluding hydrogens is 271 g/mol. The van der Waals surface area contributed by atoms with Gasteiger partial charge in [-0.2, -0.15) is 0 Å². The first-order chi connectivity index (χ1) is 9.35. The lowest BCUT2D eigenvalue weighted by atomic mass is 9.75. The maximum atomic E-state index is 12.3. The summed E-state index contributed by atoms with van der Waals surface area (Å²) < 4.78 is 18.0. The van der Waals surface area contributed by atoms with Gasteiger partial charge in [0.1, 0.15) is 0 Å². The van der Waals surface area contributed by atoms with Gasteiger partial charge in [0.2, 0.25) is 0 Å². The lowest BCUT2D eigenvalue weighted by molar-refractivity contribution is 0.0377. The molecular formula is C16H33O3P. The quantitative estimate of drug-likeness (QED) is 0.493. The molecule has 1 N–H and O–H groups in total. The Morgan fingerprint density at radius 2 is 1.95 bits per heavy atom. The fourth-order valence-corrected chi connectivity index (χ4v) is 4.63. The lowest BCUT2D eigenvalue weighted by Gasteiger charge is -2.37. The second-order valence-electron chi connectivity index (χ2n) is 6.89. The van der Waals surface area contributed by atoms with Gasteiger partial charge in [-0.3, -0.25) is 4.57 Å². The molecule has 0 aromatic rings. The van der Waals surface area contributed by atoms with Crippen molar-refractivity contribution in [3.63, 3.8) is 0 Å². The van der Waals surface area contributed by atoms with E-state index in [1.807, 2.05) is 0 Å². The van der Waals surface area contributed by atoms with Gasteiger partial charge in [0.15, 0.2) is 0 Å². The van der Waals surface area contributed by atoms with Crippen molar-refractivity contribution in [1.29, 1.82) is 0 Å². The molecule has 1 aliphatic rings. The van der Waals surface area contributed by atoms with Crippen molar-refractivity contribution >= 4 is 7.60 Å². The Morgan fingerprint density at radius 3 is 2.55 bits per heavy atom. The van der Waals surface area contributed by atoms with Crippen LogP contribution in [0.5, 0.6) is 0 Å². The standard InChI is InChI=1S/C16H33O3P/c1-5-6-7-8-11-20(17,18)19-16-12-14(4)9-10-15(16)13(2)3/h13-16H,5-12H2,1-4H3,(H,17,18). The molecule has 0 spiro atoms. The summed E-state index contributed by atoms with van der Waals surface area (Å²) in [5.74, 6) is 1.56. The molecule has 0 aliphatic heterocycles. The van der Waals surface area contributed by atoms with Gasteiger partial charge < -0.3 is 9.42 Å². The van der Waals surface area contributed by atoms with Crippen molar-refractivity contribution in [2.45, 2.75) is 78.7 Å². The largest absolute Gasteiger partial charge is 0.328 e. The summed E-state index contributed by atoms with van der Waals surface area (Å²) in [4.78, 5) is 10.1. The summed E-state index contributed by atoms with van der Waals surface area (Å²) in [6.07, 6.45) is 7.68. The molecule has 0 radical (unpaired) electrons. The molecule has 4 heteroatoms. The van der Waals surface area contributed by atoms with E-state index in [0.29, 0.717) is 23.9 Å². The molecule has 0 aromatic heterocycles. The van der Waals surface area contributed by atoms with Crippen LogP contribution in [0.4, 0.5) is 0 Å². The van der Waals surface area contributed by atoms with Crippen molar-refractivity contribution in [2.24, 2.45) is 17.8 Å². The van der Waals surface area contributed by atoms with Gasteiger partial charge in [-0.25, -0.2) is 0 Å². The minimum Gasteiger partial charge on any atom is -0.324 e. The van der Waals surface area contributed by atoms with Gasteiger partial charge in [-0.05, 0) is 37.0 Å². The minimum absolute atomic E-state index is 0.0271. The van der Waals surface area contributed by atoms with E-state index in [1.165, 1.54) is 6.42 Å². The molecule has 1 aliphatic carbocycles. The lowest BCUT2D eigenvalue weighted by Crippen LogP contribution is -2.33. The molecule has 4 atom stereocenters. The predicted octanol–water partition coefficient (Wildman–Crippen LogP) is 5.23. The molecule has 0 amide bonds. The molecule has 0 saturated heterocycles. The van der Waals surface area contributed by atoms with Crippen LogP contribution in [0.25, 0.3) is 0 Å². The highest BCUT2D eigenvalue weighted by Crippen LogP contribution is 2.49. The Labute approximate surface area is 125 Å². The summed E-state index contributed by atoms with van der Waals surface area (Å²) in [6, 6.07) is 0. The summed E-state index contributed by atoms with van der Waals surface area (Å²) in [6.45, 7) is 8.75. The maximum Gasteiger partial charge on any atom is 0.328 e. The second kappa shape index (κ2) is 8.56. The minimum atomic E-state index is -3.40. The first kappa shape index (κ1) is 18.2. The summed E-state index contributed by atoms with van der Waals surface area (Å²) in [5, 5.41) is 0. The van der Waals surface area contributed by atoms with E-state index in [2.05, 4.69) is 27.7 Å². The molecule has 0 bridgehead atoms. The highest BCUT2D eigenvalue weighted by atomic mass is 31.2. The molecule has 1 fully saturated rings. The van der Waals surface area contributed by atoms with E-state index in [4.69, 9.17) is 4.52 Å². The highest BCUT2D eigenvalue weighted by molar-refractivity contribution is 7.52. The van der Waals surface area contributed by atoms with Gasteiger partial charge in [0.25, 0.3) is 0 Å². The zero-order valence-corrected chi connectivity index (χ0v) is 14.6. The summed E-state index contributed by atoms with van der Waals surface area (Å²) >= 11 is 0. The predicted molar refractivity (Wildman–Crippen MR) is 85.1 cm³/mol. The van der Waals surface area contributed by atoms with E-state index in [1.54, 1.807) is 0 Å². The molecule has 0 heterocycles. The van der Waals surface area contributed by atoms with Crippen LogP contribution in [0, 0.1) is 17.8 Å².